The van der Waals surface area contributed by atoms with Crippen molar-refractivity contribution in [3.8, 4) is 11.5 Å². The Kier molecular flexibility index (Phi) is 4.86. The summed E-state index contributed by atoms with van der Waals surface area (Å²) in [7, 11) is 0. The van der Waals surface area contributed by atoms with Gasteiger partial charge in [-0.05, 0) is 38.1 Å². The van der Waals surface area contributed by atoms with Crippen molar-refractivity contribution in [3.63, 3.8) is 0 Å². The van der Waals surface area contributed by atoms with Crippen molar-refractivity contribution < 1.29 is 14.3 Å². The molecule has 0 fully saturated rings. The molecule has 29 heavy (non-hydrogen) atoms. The van der Waals surface area contributed by atoms with Gasteiger partial charge in [0.05, 0.1) is 24.5 Å². The Hall–Kier alpha value is -3.15. The number of nitrogens with two attached hydrogens (primary N) is 1. The molecule has 2 aliphatic rings. The van der Waals surface area contributed by atoms with Crippen LogP contribution in [0.1, 0.15) is 60.3 Å². The maximum atomic E-state index is 13.1. The summed E-state index contributed by atoms with van der Waals surface area (Å²) in [5.41, 5.74) is 7.89. The Bertz CT molecular complexity index is 954. The van der Waals surface area contributed by atoms with Crippen LogP contribution in [-0.4, -0.2) is 18.1 Å². The molecule has 6 nitrogen and oxygen atoms in total. The molecule has 4 rings (SSSR count). The van der Waals surface area contributed by atoms with Gasteiger partial charge in [-0.2, -0.15) is 0 Å². The van der Waals surface area contributed by atoms with Crippen LogP contribution in [0.15, 0.2) is 54.9 Å². The van der Waals surface area contributed by atoms with Crippen LogP contribution in [0.5, 0.6) is 11.5 Å². The van der Waals surface area contributed by atoms with E-state index in [0.29, 0.717) is 24.4 Å². The molecule has 0 aromatic heterocycles. The van der Waals surface area contributed by atoms with Gasteiger partial charge >= 0.3 is 0 Å². The minimum absolute atomic E-state index is 0.0215. The van der Waals surface area contributed by atoms with Gasteiger partial charge in [0.2, 0.25) is 0 Å². The van der Waals surface area contributed by atoms with Crippen LogP contribution >= 0.6 is 0 Å². The zero-order chi connectivity index (χ0) is 20.6. The molecular weight excluding hydrogens is 366 g/mol. The molecule has 2 atom stereocenters. The molecular formula is C23H27N3O3. The number of hydrogen-bond acceptors (Lipinski definition) is 5. The first-order valence-electron chi connectivity index (χ1n) is 9.89. The number of fused-ring (bicyclic) bond motifs is 2. The van der Waals surface area contributed by atoms with Crippen molar-refractivity contribution >= 4 is 5.91 Å². The molecule has 0 saturated heterocycles. The second-order valence-corrected chi connectivity index (χ2v) is 8.24. The van der Waals surface area contributed by atoms with Crippen molar-refractivity contribution in [2.45, 2.75) is 44.4 Å². The Balaban J connectivity index is 1.59. The summed E-state index contributed by atoms with van der Waals surface area (Å²) in [5.74, 6) is 1.86. The van der Waals surface area contributed by atoms with Crippen LogP contribution in [0.3, 0.4) is 0 Å². The number of nitrogens with one attached hydrogen (secondary N) is 2. The molecule has 0 aliphatic carbocycles. The maximum absolute atomic E-state index is 13.1. The van der Waals surface area contributed by atoms with Crippen molar-refractivity contribution in [1.29, 1.82) is 0 Å². The van der Waals surface area contributed by atoms with Gasteiger partial charge in [-0.3, -0.25) is 4.79 Å². The largest absolute Gasteiger partial charge is 0.493 e. The summed E-state index contributed by atoms with van der Waals surface area (Å²) in [6.07, 6.45) is 1.46. The van der Waals surface area contributed by atoms with E-state index in [-0.39, 0.29) is 23.6 Å². The SMILES string of the molecule is C=C(N)N[C@H]1CCOc2ccc(C(=O)N[C@H]3CC(C)(C)Oc4ccccc43)cc21. The van der Waals surface area contributed by atoms with E-state index in [1.807, 2.05) is 50.2 Å². The first kappa shape index (κ1) is 19.2. The lowest BCUT2D eigenvalue weighted by Gasteiger charge is -2.38. The maximum Gasteiger partial charge on any atom is 0.251 e. The molecule has 2 heterocycles. The van der Waals surface area contributed by atoms with Crippen LogP contribution in [-0.2, 0) is 0 Å². The summed E-state index contributed by atoms with van der Waals surface area (Å²) in [6.45, 7) is 8.39. The number of benzene rings is 2. The quantitative estimate of drug-likeness (QED) is 0.740. The number of rotatable bonds is 4. The average Bonchev–Trinajstić information content (AvgIpc) is 2.66. The number of ether oxygens (including phenoxy) is 2. The summed E-state index contributed by atoms with van der Waals surface area (Å²) < 4.78 is 11.8. The first-order chi connectivity index (χ1) is 13.8. The molecule has 6 heteroatoms. The second-order valence-electron chi connectivity index (χ2n) is 8.24. The summed E-state index contributed by atoms with van der Waals surface area (Å²) in [4.78, 5) is 13.1. The Labute approximate surface area is 171 Å². The Morgan fingerprint density at radius 2 is 1.90 bits per heavy atom. The smallest absolute Gasteiger partial charge is 0.251 e. The third-order valence-electron chi connectivity index (χ3n) is 5.35. The van der Waals surface area contributed by atoms with Crippen LogP contribution in [0, 0.1) is 0 Å². The first-order valence-corrected chi connectivity index (χ1v) is 9.89. The average molecular weight is 393 g/mol. The van der Waals surface area contributed by atoms with Crippen molar-refractivity contribution in [1.82, 2.24) is 10.6 Å². The fourth-order valence-corrected chi connectivity index (χ4v) is 4.08. The van der Waals surface area contributed by atoms with Gasteiger partial charge in [-0.25, -0.2) is 0 Å². The predicted octanol–water partition coefficient (Wildman–Crippen LogP) is 3.56. The molecule has 0 bridgehead atoms. The minimum Gasteiger partial charge on any atom is -0.493 e. The zero-order valence-corrected chi connectivity index (χ0v) is 16.8. The predicted molar refractivity (Wildman–Crippen MR) is 112 cm³/mol. The molecule has 2 aliphatic heterocycles. The highest BCUT2D eigenvalue weighted by atomic mass is 16.5. The van der Waals surface area contributed by atoms with Gasteiger partial charge in [-0.1, -0.05) is 24.8 Å². The third-order valence-corrected chi connectivity index (χ3v) is 5.35. The lowest BCUT2D eigenvalue weighted by atomic mass is 9.89. The molecule has 0 radical (unpaired) electrons. The minimum atomic E-state index is -0.355. The fourth-order valence-electron chi connectivity index (χ4n) is 4.08. The highest BCUT2D eigenvalue weighted by Gasteiger charge is 2.34. The van der Waals surface area contributed by atoms with Crippen LogP contribution in [0.4, 0.5) is 0 Å². The van der Waals surface area contributed by atoms with Crippen molar-refractivity contribution in [2.24, 2.45) is 5.73 Å². The lowest BCUT2D eigenvalue weighted by molar-refractivity contribution is 0.0619. The molecule has 2 aromatic carbocycles. The molecule has 2 aromatic rings. The topological polar surface area (TPSA) is 85.6 Å². The standard InChI is InChI=1S/C23H27N3O3/c1-14(24)25-18-10-11-28-20-9-8-15(12-17(18)20)22(27)26-19-13-23(2,3)29-21-7-5-4-6-16(19)21/h4-9,12,18-19,25H,1,10-11,13,24H2,2-3H3,(H,26,27)/t18-,19-/m0/s1. The van der Waals surface area contributed by atoms with Crippen molar-refractivity contribution in [2.75, 3.05) is 6.61 Å². The monoisotopic (exact) mass is 393 g/mol. The van der Waals surface area contributed by atoms with E-state index in [1.165, 1.54) is 0 Å². The van der Waals surface area contributed by atoms with Crippen molar-refractivity contribution in [3.05, 3.63) is 71.6 Å². The van der Waals surface area contributed by atoms with Gasteiger partial charge in [0, 0.05) is 29.5 Å². The van der Waals surface area contributed by atoms with Gasteiger partial charge in [0.25, 0.3) is 5.91 Å². The number of amides is 1. The van der Waals surface area contributed by atoms with Crippen LogP contribution in [0.25, 0.3) is 0 Å². The van der Waals surface area contributed by atoms with E-state index < -0.39 is 0 Å². The second kappa shape index (κ2) is 7.35. The lowest BCUT2D eigenvalue weighted by Crippen LogP contribution is -2.41. The van der Waals surface area contributed by atoms with Crippen LogP contribution < -0.4 is 25.8 Å². The number of para-hydroxylation sites is 1. The Morgan fingerprint density at radius 3 is 2.69 bits per heavy atom. The number of carbonyl (C=O) groups excluding carboxylic acids is 1. The van der Waals surface area contributed by atoms with E-state index in [9.17, 15) is 4.79 Å². The number of carbonyl (C=O) groups is 1. The van der Waals surface area contributed by atoms with E-state index >= 15 is 0 Å². The number of hydrogen-bond donors (Lipinski definition) is 3. The van der Waals surface area contributed by atoms with Gasteiger partial charge in [-0.15, -0.1) is 0 Å². The molecule has 0 saturated carbocycles. The van der Waals surface area contributed by atoms with Gasteiger partial charge < -0.3 is 25.8 Å². The summed E-state index contributed by atoms with van der Waals surface area (Å²) in [5, 5.41) is 6.35. The molecule has 0 spiro atoms. The van der Waals surface area contributed by atoms with Gasteiger partial charge in [0.1, 0.15) is 17.1 Å². The summed E-state index contributed by atoms with van der Waals surface area (Å²) >= 11 is 0. The van der Waals surface area contributed by atoms with E-state index in [0.717, 1.165) is 29.0 Å². The van der Waals surface area contributed by atoms with E-state index in [1.54, 1.807) is 6.07 Å². The van der Waals surface area contributed by atoms with E-state index in [2.05, 4.69) is 17.2 Å². The fraction of sp³-hybridized carbons (Fsp3) is 0.348. The molecule has 0 unspecified atom stereocenters. The molecule has 152 valence electrons. The normalized spacial score (nSPS) is 21.6. The molecule has 4 N–H and O–H groups in total. The van der Waals surface area contributed by atoms with E-state index in [4.69, 9.17) is 15.2 Å². The van der Waals surface area contributed by atoms with Crippen LogP contribution in [0.2, 0.25) is 0 Å². The zero-order valence-electron chi connectivity index (χ0n) is 16.8. The molecule has 1 amide bonds. The third kappa shape index (κ3) is 4.01. The Morgan fingerprint density at radius 1 is 1.10 bits per heavy atom. The highest BCUT2D eigenvalue weighted by molar-refractivity contribution is 5.95. The highest BCUT2D eigenvalue weighted by Crippen LogP contribution is 2.39. The van der Waals surface area contributed by atoms with Gasteiger partial charge in [0.15, 0.2) is 0 Å². The summed E-state index contributed by atoms with van der Waals surface area (Å²) in [6, 6.07) is 13.2.